The van der Waals surface area contributed by atoms with Crippen LogP contribution >= 0.6 is 0 Å². The summed E-state index contributed by atoms with van der Waals surface area (Å²) in [4.78, 5) is 0.0804. The molecule has 0 aromatic heterocycles. The Morgan fingerprint density at radius 1 is 1.35 bits per heavy atom. The molecule has 1 fully saturated rings. The summed E-state index contributed by atoms with van der Waals surface area (Å²) in [5, 5.41) is 2.80. The molecule has 1 heterocycles. The highest BCUT2D eigenvalue weighted by atomic mass is 32.2. The molecule has 1 saturated heterocycles. The molecule has 1 aliphatic heterocycles. The van der Waals surface area contributed by atoms with E-state index < -0.39 is 26.6 Å². The molecule has 20 heavy (non-hydrogen) atoms. The number of nitrogens with one attached hydrogen (secondary N) is 1. The van der Waals surface area contributed by atoms with Crippen molar-refractivity contribution in [2.24, 2.45) is 0 Å². The standard InChI is InChI=1S/C12H17FN2O3S2/c1-14-9-10-8-11(2-3-12(10)13)20(17,18)15-4-6-19(16)7-5-15/h2-3,8,14H,4-7,9H2,1H3. The Labute approximate surface area is 120 Å². The Morgan fingerprint density at radius 2 is 2.00 bits per heavy atom. The Morgan fingerprint density at radius 3 is 2.60 bits per heavy atom. The summed E-state index contributed by atoms with van der Waals surface area (Å²) in [6.07, 6.45) is 0. The fraction of sp³-hybridized carbons (Fsp3) is 0.500. The monoisotopic (exact) mass is 320 g/mol. The Balaban J connectivity index is 2.29. The van der Waals surface area contributed by atoms with E-state index in [1.54, 1.807) is 7.05 Å². The largest absolute Gasteiger partial charge is 0.316 e. The average Bonchev–Trinajstić information content (AvgIpc) is 2.42. The lowest BCUT2D eigenvalue weighted by Gasteiger charge is -2.25. The highest BCUT2D eigenvalue weighted by Crippen LogP contribution is 2.20. The topological polar surface area (TPSA) is 66.5 Å². The van der Waals surface area contributed by atoms with Crippen LogP contribution in [0.25, 0.3) is 0 Å². The normalized spacial score (nSPS) is 18.3. The summed E-state index contributed by atoms with van der Waals surface area (Å²) in [5.74, 6) is 0.270. The number of hydrogen-bond acceptors (Lipinski definition) is 4. The second-order valence-corrected chi connectivity index (χ2v) is 8.17. The molecule has 0 saturated carbocycles. The van der Waals surface area contributed by atoms with Gasteiger partial charge >= 0.3 is 0 Å². The first-order chi connectivity index (χ1) is 9.45. The van der Waals surface area contributed by atoms with Crippen LogP contribution in [0.5, 0.6) is 0 Å². The van der Waals surface area contributed by atoms with Crippen molar-refractivity contribution >= 4 is 20.8 Å². The molecule has 1 aromatic rings. The average molecular weight is 320 g/mol. The van der Waals surface area contributed by atoms with Crippen LogP contribution in [0.3, 0.4) is 0 Å². The van der Waals surface area contributed by atoms with E-state index in [1.165, 1.54) is 22.5 Å². The van der Waals surface area contributed by atoms with Gasteiger partial charge in [-0.25, -0.2) is 12.8 Å². The Hall–Kier alpha value is -0.830. The van der Waals surface area contributed by atoms with Crippen LogP contribution in [0.15, 0.2) is 23.1 Å². The van der Waals surface area contributed by atoms with Gasteiger partial charge in [-0.1, -0.05) is 0 Å². The predicted molar refractivity (Wildman–Crippen MR) is 75.8 cm³/mol. The molecule has 2 rings (SSSR count). The fourth-order valence-electron chi connectivity index (χ4n) is 2.05. The van der Waals surface area contributed by atoms with Crippen LogP contribution < -0.4 is 5.32 Å². The highest BCUT2D eigenvalue weighted by molar-refractivity contribution is 7.89. The Kier molecular flexibility index (Phi) is 4.90. The summed E-state index contributed by atoms with van der Waals surface area (Å²) < 4.78 is 51.0. The molecule has 1 N–H and O–H groups in total. The minimum absolute atomic E-state index is 0.0804. The van der Waals surface area contributed by atoms with Gasteiger partial charge in [0.1, 0.15) is 5.82 Å². The maximum Gasteiger partial charge on any atom is 0.243 e. The maximum absolute atomic E-state index is 13.5. The maximum atomic E-state index is 13.5. The molecule has 1 aromatic carbocycles. The second-order valence-electron chi connectivity index (χ2n) is 4.54. The number of hydrogen-bond donors (Lipinski definition) is 1. The number of halogens is 1. The minimum Gasteiger partial charge on any atom is -0.316 e. The van der Waals surface area contributed by atoms with Gasteiger partial charge in [0.25, 0.3) is 0 Å². The van der Waals surface area contributed by atoms with E-state index >= 15 is 0 Å². The molecule has 0 bridgehead atoms. The number of rotatable bonds is 4. The first kappa shape index (κ1) is 15.6. The summed E-state index contributed by atoms with van der Waals surface area (Å²) in [5.41, 5.74) is 0.314. The van der Waals surface area contributed by atoms with E-state index in [-0.39, 0.29) is 24.5 Å². The zero-order chi connectivity index (χ0) is 14.8. The van der Waals surface area contributed by atoms with Gasteiger partial charge in [-0.3, -0.25) is 4.21 Å². The lowest BCUT2D eigenvalue weighted by atomic mass is 10.2. The van der Waals surface area contributed by atoms with Crippen molar-refractivity contribution in [1.82, 2.24) is 9.62 Å². The lowest BCUT2D eigenvalue weighted by molar-refractivity contribution is 0.438. The van der Waals surface area contributed by atoms with Gasteiger partial charge in [-0.05, 0) is 25.2 Å². The zero-order valence-corrected chi connectivity index (χ0v) is 12.8. The van der Waals surface area contributed by atoms with Crippen LogP contribution in [0.1, 0.15) is 5.56 Å². The van der Waals surface area contributed by atoms with Gasteiger partial charge in [0.05, 0.1) is 4.90 Å². The summed E-state index contributed by atoms with van der Waals surface area (Å²) in [6.45, 7) is 0.751. The molecular formula is C12H17FN2O3S2. The molecule has 0 atom stereocenters. The van der Waals surface area contributed by atoms with E-state index in [9.17, 15) is 17.0 Å². The highest BCUT2D eigenvalue weighted by Gasteiger charge is 2.28. The molecule has 1 aliphatic rings. The van der Waals surface area contributed by atoms with Crippen molar-refractivity contribution in [2.75, 3.05) is 31.6 Å². The summed E-state index contributed by atoms with van der Waals surface area (Å²) in [7, 11) is -2.91. The van der Waals surface area contributed by atoms with Gasteiger partial charge < -0.3 is 5.32 Å². The predicted octanol–water partition coefficient (Wildman–Crippen LogP) is 0.298. The molecule has 0 spiro atoms. The zero-order valence-electron chi connectivity index (χ0n) is 11.1. The number of nitrogens with zero attached hydrogens (tertiary/aromatic N) is 1. The van der Waals surface area contributed by atoms with Gasteiger partial charge in [-0.2, -0.15) is 4.31 Å². The van der Waals surface area contributed by atoms with Crippen molar-refractivity contribution in [2.45, 2.75) is 11.4 Å². The van der Waals surface area contributed by atoms with Crippen LogP contribution in [0.2, 0.25) is 0 Å². The third-order valence-electron chi connectivity index (χ3n) is 3.16. The van der Waals surface area contributed by atoms with Gasteiger partial charge in [0, 0.05) is 47.5 Å². The van der Waals surface area contributed by atoms with E-state index in [2.05, 4.69) is 5.32 Å². The van der Waals surface area contributed by atoms with Crippen molar-refractivity contribution in [1.29, 1.82) is 0 Å². The molecule has 8 heteroatoms. The molecular weight excluding hydrogens is 303 g/mol. The van der Waals surface area contributed by atoms with Crippen molar-refractivity contribution in [3.63, 3.8) is 0 Å². The fourth-order valence-corrected chi connectivity index (χ4v) is 4.82. The first-order valence-electron chi connectivity index (χ1n) is 6.23. The van der Waals surface area contributed by atoms with Crippen LogP contribution in [-0.2, 0) is 27.4 Å². The Bertz CT molecular complexity index is 609. The molecule has 0 unspecified atom stereocenters. The molecule has 5 nitrogen and oxygen atoms in total. The third-order valence-corrected chi connectivity index (χ3v) is 6.33. The SMILES string of the molecule is CNCc1cc(S(=O)(=O)N2CCS(=O)CC2)ccc1F. The minimum atomic E-state index is -3.64. The van der Waals surface area contributed by atoms with Crippen LogP contribution in [-0.4, -0.2) is 48.6 Å². The van der Waals surface area contributed by atoms with Gasteiger partial charge in [0.2, 0.25) is 10.0 Å². The van der Waals surface area contributed by atoms with Gasteiger partial charge in [-0.15, -0.1) is 0 Å². The lowest BCUT2D eigenvalue weighted by Crippen LogP contribution is -2.41. The van der Waals surface area contributed by atoms with Crippen LogP contribution in [0.4, 0.5) is 4.39 Å². The van der Waals surface area contributed by atoms with Crippen molar-refractivity contribution in [3.05, 3.63) is 29.6 Å². The van der Waals surface area contributed by atoms with Crippen molar-refractivity contribution < 1.29 is 17.0 Å². The van der Waals surface area contributed by atoms with E-state index in [1.807, 2.05) is 0 Å². The van der Waals surface area contributed by atoms with Gasteiger partial charge in [0.15, 0.2) is 0 Å². The number of sulfonamides is 1. The molecule has 0 radical (unpaired) electrons. The van der Waals surface area contributed by atoms with Crippen molar-refractivity contribution in [3.8, 4) is 0 Å². The number of benzene rings is 1. The second kappa shape index (κ2) is 6.30. The summed E-state index contributed by atoms with van der Waals surface area (Å²) >= 11 is 0. The van der Waals surface area contributed by atoms with Crippen LogP contribution in [0, 0.1) is 5.82 Å². The molecule has 112 valence electrons. The summed E-state index contributed by atoms with van der Waals surface area (Å²) in [6, 6.07) is 3.80. The quantitative estimate of drug-likeness (QED) is 0.866. The first-order valence-corrected chi connectivity index (χ1v) is 9.16. The van der Waals surface area contributed by atoms with E-state index in [0.717, 1.165) is 0 Å². The van der Waals surface area contributed by atoms with E-state index in [0.29, 0.717) is 17.1 Å². The van der Waals surface area contributed by atoms with E-state index in [4.69, 9.17) is 0 Å². The molecule has 0 amide bonds. The molecule has 0 aliphatic carbocycles. The smallest absolute Gasteiger partial charge is 0.243 e. The third kappa shape index (κ3) is 3.25.